The van der Waals surface area contributed by atoms with Gasteiger partial charge in [0.1, 0.15) is 0 Å². The van der Waals surface area contributed by atoms with Crippen LogP contribution >= 0.6 is 0 Å². The highest BCUT2D eigenvalue weighted by molar-refractivity contribution is 5.79. The highest BCUT2D eigenvalue weighted by atomic mass is 16.2. The van der Waals surface area contributed by atoms with Crippen LogP contribution in [0.5, 0.6) is 0 Å². The molecule has 1 aliphatic carbocycles. The Bertz CT molecular complexity index is 679. The molecule has 1 saturated carbocycles. The molecule has 8 heteroatoms. The van der Waals surface area contributed by atoms with Gasteiger partial charge in [0.15, 0.2) is 0 Å². The molecule has 230 valence electrons. The molecule has 0 aromatic rings. The van der Waals surface area contributed by atoms with Crippen molar-refractivity contribution in [3.05, 3.63) is 0 Å². The lowest BCUT2D eigenvalue weighted by molar-refractivity contribution is -0.124. The van der Waals surface area contributed by atoms with E-state index in [2.05, 4.69) is 34.1 Å². The van der Waals surface area contributed by atoms with Crippen LogP contribution in [-0.2, 0) is 19.2 Å². The third-order valence-electron chi connectivity index (χ3n) is 5.07. The van der Waals surface area contributed by atoms with Gasteiger partial charge in [-0.05, 0) is 26.2 Å². The maximum Gasteiger partial charge on any atom is 0.223 e. The Labute approximate surface area is 241 Å². The summed E-state index contributed by atoms with van der Waals surface area (Å²) in [6, 6.07) is 0.514. The number of hydrogen-bond donors (Lipinski definition) is 4. The molecule has 0 spiro atoms. The van der Waals surface area contributed by atoms with Crippen LogP contribution in [0.25, 0.3) is 0 Å². The molecule has 0 unspecified atom stereocenters. The molecule has 1 aliphatic rings. The first kappa shape index (κ1) is 43.5. The van der Waals surface area contributed by atoms with Crippen LogP contribution in [0, 0.1) is 36.0 Å². The zero-order valence-electron chi connectivity index (χ0n) is 26.0. The van der Waals surface area contributed by atoms with E-state index >= 15 is 0 Å². The van der Waals surface area contributed by atoms with E-state index in [0.717, 1.165) is 19.5 Å². The number of rotatable bonds is 12. The van der Waals surface area contributed by atoms with Crippen molar-refractivity contribution in [1.82, 2.24) is 21.3 Å². The van der Waals surface area contributed by atoms with Crippen molar-refractivity contribution < 1.29 is 19.2 Å². The highest BCUT2D eigenvalue weighted by Gasteiger charge is 2.23. The molecule has 0 bridgehead atoms. The average Bonchev–Trinajstić information content (AvgIpc) is 3.67. The minimum atomic E-state index is 0. The second kappa shape index (κ2) is 28.4. The van der Waals surface area contributed by atoms with E-state index in [1.165, 1.54) is 32.1 Å². The van der Waals surface area contributed by atoms with E-state index < -0.39 is 0 Å². The second-order valence-corrected chi connectivity index (χ2v) is 10.6. The molecule has 0 heterocycles. The van der Waals surface area contributed by atoms with E-state index in [4.69, 9.17) is 6.42 Å². The van der Waals surface area contributed by atoms with Gasteiger partial charge < -0.3 is 21.3 Å². The summed E-state index contributed by atoms with van der Waals surface area (Å²) in [7, 11) is 0. The molecule has 4 N–H and O–H groups in total. The smallest absolute Gasteiger partial charge is 0.223 e. The fourth-order valence-corrected chi connectivity index (χ4v) is 2.28. The van der Waals surface area contributed by atoms with Gasteiger partial charge in [0.05, 0.1) is 6.54 Å². The molecule has 0 aliphatic heterocycles. The predicted molar refractivity (Wildman–Crippen MR) is 165 cm³/mol. The van der Waals surface area contributed by atoms with Crippen LogP contribution < -0.4 is 21.3 Å². The van der Waals surface area contributed by atoms with Crippen molar-refractivity contribution in [2.24, 2.45) is 23.7 Å². The van der Waals surface area contributed by atoms with Crippen LogP contribution in [0.1, 0.15) is 115 Å². The van der Waals surface area contributed by atoms with Crippen LogP contribution in [0.2, 0.25) is 0 Å². The van der Waals surface area contributed by atoms with Crippen LogP contribution in [0.4, 0.5) is 0 Å². The molecule has 0 saturated heterocycles. The van der Waals surface area contributed by atoms with Gasteiger partial charge in [-0.1, -0.05) is 94.9 Å². The molecule has 1 fully saturated rings. The van der Waals surface area contributed by atoms with Gasteiger partial charge in [-0.15, -0.1) is 6.42 Å². The Kier molecular flexibility index (Phi) is 31.7. The molecule has 0 radical (unpaired) electrons. The molecule has 1 rings (SSSR count). The standard InChI is InChI=1S/C10H21NO.C7H13NO.C7H11NO.C6H13NO.CH4/c1-4-5-6-7-8-11-10(12)9(2)3;1-5(2)7(9)8-6-3-4-6;1-4-5-8-7(9)6(2)3;1-4-7-6(8)5(2)3;/h9H,4-8H2,1-3H3,(H,11,12);5-6H,3-4H2,1-2H3,(H,8,9);1,6H,5H2,2-3H3,(H,8,9);5H,4H2,1-3H3,(H,7,8);1H4. The Morgan fingerprint density at radius 1 is 0.692 bits per heavy atom. The molecular weight excluding hydrogens is 492 g/mol. The Morgan fingerprint density at radius 3 is 1.46 bits per heavy atom. The molecule has 0 aromatic heterocycles. The summed E-state index contributed by atoms with van der Waals surface area (Å²) in [5.74, 6) is 3.24. The second-order valence-electron chi connectivity index (χ2n) is 10.6. The fraction of sp³-hybridized carbons (Fsp3) is 0.806. The van der Waals surface area contributed by atoms with Gasteiger partial charge in [0.25, 0.3) is 0 Å². The lowest BCUT2D eigenvalue weighted by Crippen LogP contribution is -2.29. The Morgan fingerprint density at radius 2 is 1.13 bits per heavy atom. The first-order chi connectivity index (χ1) is 17.7. The van der Waals surface area contributed by atoms with E-state index in [9.17, 15) is 19.2 Å². The number of carbonyl (C=O) groups is 4. The molecule has 8 nitrogen and oxygen atoms in total. The zero-order valence-corrected chi connectivity index (χ0v) is 26.0. The molecular formula is C31H62N4O4. The first-order valence-corrected chi connectivity index (χ1v) is 14.3. The summed E-state index contributed by atoms with van der Waals surface area (Å²) >= 11 is 0. The summed E-state index contributed by atoms with van der Waals surface area (Å²) in [6.07, 6.45) is 12.1. The summed E-state index contributed by atoms with van der Waals surface area (Å²) in [5, 5.41) is 11.1. The third-order valence-corrected chi connectivity index (χ3v) is 5.07. The quantitative estimate of drug-likeness (QED) is 0.199. The summed E-state index contributed by atoms with van der Waals surface area (Å²) in [6.45, 7) is 21.1. The Balaban J connectivity index is -0.000000210. The average molecular weight is 555 g/mol. The zero-order chi connectivity index (χ0) is 30.1. The van der Waals surface area contributed by atoms with Crippen molar-refractivity contribution in [2.45, 2.75) is 121 Å². The monoisotopic (exact) mass is 554 g/mol. The van der Waals surface area contributed by atoms with Crippen molar-refractivity contribution in [2.75, 3.05) is 19.6 Å². The summed E-state index contributed by atoms with van der Waals surface area (Å²) in [5.41, 5.74) is 0. The first-order valence-electron chi connectivity index (χ1n) is 14.3. The van der Waals surface area contributed by atoms with E-state index in [0.29, 0.717) is 12.6 Å². The molecule has 0 aromatic carbocycles. The van der Waals surface area contributed by atoms with Gasteiger partial charge >= 0.3 is 0 Å². The van der Waals surface area contributed by atoms with E-state index in [-0.39, 0.29) is 54.7 Å². The van der Waals surface area contributed by atoms with Crippen molar-refractivity contribution in [3.8, 4) is 12.3 Å². The third kappa shape index (κ3) is 33.4. The topological polar surface area (TPSA) is 116 Å². The van der Waals surface area contributed by atoms with Crippen molar-refractivity contribution in [1.29, 1.82) is 0 Å². The van der Waals surface area contributed by atoms with Crippen LogP contribution in [0.15, 0.2) is 0 Å². The lowest BCUT2D eigenvalue weighted by Gasteiger charge is -2.06. The van der Waals surface area contributed by atoms with Gasteiger partial charge in [-0.2, -0.15) is 0 Å². The van der Waals surface area contributed by atoms with E-state index in [1.54, 1.807) is 0 Å². The maximum absolute atomic E-state index is 11.1. The number of carbonyl (C=O) groups excluding carboxylic acids is 4. The number of hydrogen-bond acceptors (Lipinski definition) is 4. The van der Waals surface area contributed by atoms with Crippen molar-refractivity contribution >= 4 is 23.6 Å². The summed E-state index contributed by atoms with van der Waals surface area (Å²) in [4.78, 5) is 43.3. The lowest BCUT2D eigenvalue weighted by atomic mass is 10.2. The van der Waals surface area contributed by atoms with Crippen molar-refractivity contribution in [3.63, 3.8) is 0 Å². The van der Waals surface area contributed by atoms with Crippen LogP contribution in [-0.4, -0.2) is 49.3 Å². The Hall–Kier alpha value is -2.56. The maximum atomic E-state index is 11.1. The number of amides is 4. The summed E-state index contributed by atoms with van der Waals surface area (Å²) < 4.78 is 0. The number of terminal acetylenes is 1. The number of nitrogens with one attached hydrogen (secondary N) is 4. The van der Waals surface area contributed by atoms with Crippen LogP contribution in [0.3, 0.4) is 0 Å². The highest BCUT2D eigenvalue weighted by Crippen LogP contribution is 2.18. The predicted octanol–water partition coefficient (Wildman–Crippen LogP) is 5.07. The number of unbranched alkanes of at least 4 members (excludes halogenated alkanes) is 3. The molecule has 39 heavy (non-hydrogen) atoms. The minimum absolute atomic E-state index is 0. The van der Waals surface area contributed by atoms with Gasteiger partial charge in [-0.25, -0.2) is 0 Å². The molecule has 0 atom stereocenters. The minimum Gasteiger partial charge on any atom is -0.356 e. The van der Waals surface area contributed by atoms with Gasteiger partial charge in [0, 0.05) is 42.8 Å². The van der Waals surface area contributed by atoms with Gasteiger partial charge in [0.2, 0.25) is 23.6 Å². The van der Waals surface area contributed by atoms with E-state index in [1.807, 2.05) is 62.3 Å². The molecule has 4 amide bonds. The SMILES string of the molecule is C.C#CCNC(=O)C(C)C.CC(C)C(=O)NC1CC1.CCCCCCNC(=O)C(C)C.CCNC(=O)C(C)C. The largest absolute Gasteiger partial charge is 0.356 e. The van der Waals surface area contributed by atoms with Gasteiger partial charge in [-0.3, -0.25) is 19.2 Å². The fourth-order valence-electron chi connectivity index (χ4n) is 2.28. The normalized spacial score (nSPS) is 11.3.